The zero-order valence-corrected chi connectivity index (χ0v) is 5.58. The highest BCUT2D eigenvalue weighted by molar-refractivity contribution is 6.34. The third-order valence-corrected chi connectivity index (χ3v) is 1.26. The molecule has 0 aromatic heterocycles. The quantitative estimate of drug-likeness (QED) is 0.527. The van der Waals surface area contributed by atoms with Gasteiger partial charge in [-0.1, -0.05) is 29.3 Å². The molecular weight excluding hydrogens is 167 g/mol. The van der Waals surface area contributed by atoms with Crippen molar-refractivity contribution in [3.05, 3.63) is 34.3 Å². The van der Waals surface area contributed by atoms with Crippen LogP contribution in [0.2, 0.25) is 10.0 Å². The third-order valence-electron chi connectivity index (χ3n) is 0.787. The summed E-state index contributed by atoms with van der Waals surface area (Å²) in [5.41, 5.74) is 0. The van der Waals surface area contributed by atoms with Crippen molar-refractivity contribution < 1.29 is 0 Å². The Bertz CT molecular complexity index is 171. The average Bonchev–Trinajstić information content (AvgIpc) is 1.64. The van der Waals surface area contributed by atoms with Crippen LogP contribution in [0.4, 0.5) is 0 Å². The highest BCUT2D eigenvalue weighted by atomic mass is 35.5. The Balaban J connectivity index is 0.000000640. The Morgan fingerprint density at radius 2 is 1.44 bits per heavy atom. The molecule has 0 nitrogen and oxygen atoms in total. The molecule has 3 heteroatoms. The van der Waals surface area contributed by atoms with Gasteiger partial charge in [0.1, 0.15) is 0 Å². The van der Waals surface area contributed by atoms with Gasteiger partial charge in [0.05, 0.1) is 0 Å². The first kappa shape index (κ1) is 9.57. The molecule has 46 valence electrons. The van der Waals surface area contributed by atoms with Crippen LogP contribution in [-0.2, 0) is 0 Å². The summed E-state index contributed by atoms with van der Waals surface area (Å²) in [6, 6.07) is 7.08. The molecular formula is C6H6Cl2Mg. The molecule has 1 rings (SSSR count). The Labute approximate surface area is 80.3 Å². The van der Waals surface area contributed by atoms with Crippen molar-refractivity contribution in [2.45, 2.75) is 0 Å². The maximum absolute atomic E-state index is 5.56. The Hall–Kier alpha value is 0.566. The highest BCUT2D eigenvalue weighted by Gasteiger charge is 1.84. The lowest BCUT2D eigenvalue weighted by Crippen LogP contribution is -1.61. The van der Waals surface area contributed by atoms with Crippen molar-refractivity contribution in [2.75, 3.05) is 0 Å². The molecule has 0 aliphatic carbocycles. The van der Waals surface area contributed by atoms with Crippen molar-refractivity contribution in [3.8, 4) is 0 Å². The van der Waals surface area contributed by atoms with Crippen molar-refractivity contribution in [3.63, 3.8) is 0 Å². The van der Waals surface area contributed by atoms with E-state index in [2.05, 4.69) is 0 Å². The van der Waals surface area contributed by atoms with Crippen molar-refractivity contribution in [1.29, 1.82) is 0 Å². The highest BCUT2D eigenvalue weighted by Crippen LogP contribution is 2.13. The van der Waals surface area contributed by atoms with Gasteiger partial charge in [-0.05, 0) is 18.2 Å². The SMILES string of the molecule is Clc1cccc(Cl)c1.[MgH2]. The summed E-state index contributed by atoms with van der Waals surface area (Å²) >= 11 is 11.1. The summed E-state index contributed by atoms with van der Waals surface area (Å²) in [5, 5.41) is 1.36. The molecule has 0 fully saturated rings. The van der Waals surface area contributed by atoms with E-state index in [4.69, 9.17) is 23.2 Å². The molecule has 0 radical (unpaired) electrons. The van der Waals surface area contributed by atoms with Crippen LogP contribution in [0.5, 0.6) is 0 Å². The van der Waals surface area contributed by atoms with E-state index in [1.54, 1.807) is 18.2 Å². The monoisotopic (exact) mass is 172 g/mol. The lowest BCUT2D eigenvalue weighted by Gasteiger charge is -1.86. The number of hydrogen-bond donors (Lipinski definition) is 0. The second-order valence-electron chi connectivity index (χ2n) is 1.44. The smallest absolute Gasteiger partial charge is 0.0843 e. The zero-order chi connectivity index (χ0) is 5.98. The summed E-state index contributed by atoms with van der Waals surface area (Å²) in [6.45, 7) is 0. The fourth-order valence-corrected chi connectivity index (χ4v) is 0.896. The third kappa shape index (κ3) is 3.31. The minimum Gasteiger partial charge on any atom is -0.0843 e. The van der Waals surface area contributed by atoms with Crippen LogP contribution in [0.3, 0.4) is 0 Å². The molecule has 0 saturated carbocycles. The van der Waals surface area contributed by atoms with Crippen LogP contribution < -0.4 is 0 Å². The second-order valence-corrected chi connectivity index (χ2v) is 2.31. The molecule has 9 heavy (non-hydrogen) atoms. The number of hydrogen-bond acceptors (Lipinski definition) is 0. The van der Waals surface area contributed by atoms with Gasteiger partial charge in [-0.25, -0.2) is 0 Å². The van der Waals surface area contributed by atoms with Gasteiger partial charge in [0.25, 0.3) is 0 Å². The summed E-state index contributed by atoms with van der Waals surface area (Å²) in [5.74, 6) is 0. The standard InChI is InChI=1S/C6H4Cl2.Mg.2H/c7-5-2-1-3-6(8)4-5;;;/h1-4H;;;. The van der Waals surface area contributed by atoms with Gasteiger partial charge < -0.3 is 0 Å². The lowest BCUT2D eigenvalue weighted by atomic mass is 10.4. The van der Waals surface area contributed by atoms with Crippen molar-refractivity contribution in [2.24, 2.45) is 0 Å². The first-order valence-corrected chi connectivity index (χ1v) is 2.96. The minimum atomic E-state index is 0. The summed E-state index contributed by atoms with van der Waals surface area (Å²) in [7, 11) is 0. The first-order valence-electron chi connectivity index (χ1n) is 2.20. The van der Waals surface area contributed by atoms with E-state index in [9.17, 15) is 0 Å². The maximum atomic E-state index is 5.56. The normalized spacial score (nSPS) is 8.22. The van der Waals surface area contributed by atoms with Crippen LogP contribution in [0.15, 0.2) is 24.3 Å². The van der Waals surface area contributed by atoms with Crippen LogP contribution in [0.25, 0.3) is 0 Å². The predicted octanol–water partition coefficient (Wildman–Crippen LogP) is 2.08. The molecule has 0 heterocycles. The molecule has 0 aliphatic rings. The Morgan fingerprint density at radius 3 is 1.67 bits per heavy atom. The van der Waals surface area contributed by atoms with Crippen LogP contribution in [0.1, 0.15) is 0 Å². The van der Waals surface area contributed by atoms with E-state index < -0.39 is 0 Å². The molecule has 0 aliphatic heterocycles. The molecule has 0 amide bonds. The summed E-state index contributed by atoms with van der Waals surface area (Å²) in [6.07, 6.45) is 0. The second kappa shape index (κ2) is 4.39. The minimum absolute atomic E-state index is 0. The molecule has 0 spiro atoms. The average molecular weight is 173 g/mol. The van der Waals surface area contributed by atoms with E-state index in [1.807, 2.05) is 6.07 Å². The molecule has 0 unspecified atom stereocenters. The molecule has 0 atom stereocenters. The molecule has 1 aromatic carbocycles. The molecule has 0 N–H and O–H groups in total. The van der Waals surface area contributed by atoms with E-state index in [-0.39, 0.29) is 23.1 Å². The van der Waals surface area contributed by atoms with Gasteiger partial charge in [0.15, 0.2) is 0 Å². The first-order chi connectivity index (χ1) is 3.79. The molecule has 0 saturated heterocycles. The largest absolute Gasteiger partial charge is 0.316 e. The van der Waals surface area contributed by atoms with Gasteiger partial charge >= 0.3 is 23.1 Å². The maximum Gasteiger partial charge on any atom is 0.316 e. The molecule has 1 aromatic rings. The van der Waals surface area contributed by atoms with Crippen LogP contribution >= 0.6 is 23.2 Å². The molecule has 0 bridgehead atoms. The van der Waals surface area contributed by atoms with Gasteiger partial charge in [-0.3, -0.25) is 0 Å². The van der Waals surface area contributed by atoms with E-state index >= 15 is 0 Å². The fraction of sp³-hybridized carbons (Fsp3) is 0. The Morgan fingerprint density at radius 1 is 1.00 bits per heavy atom. The van der Waals surface area contributed by atoms with E-state index in [0.717, 1.165) is 0 Å². The summed E-state index contributed by atoms with van der Waals surface area (Å²) in [4.78, 5) is 0. The van der Waals surface area contributed by atoms with Crippen molar-refractivity contribution >= 4 is 46.3 Å². The number of halogens is 2. The zero-order valence-electron chi connectivity index (χ0n) is 4.07. The van der Waals surface area contributed by atoms with Gasteiger partial charge in [0.2, 0.25) is 0 Å². The van der Waals surface area contributed by atoms with E-state index in [0.29, 0.717) is 10.0 Å². The van der Waals surface area contributed by atoms with Crippen molar-refractivity contribution in [1.82, 2.24) is 0 Å². The fourth-order valence-electron chi connectivity index (χ4n) is 0.460. The van der Waals surface area contributed by atoms with Gasteiger partial charge in [-0.15, -0.1) is 0 Å². The topological polar surface area (TPSA) is 0 Å². The number of rotatable bonds is 0. The lowest BCUT2D eigenvalue weighted by molar-refractivity contribution is 1.71. The summed E-state index contributed by atoms with van der Waals surface area (Å²) < 4.78 is 0. The van der Waals surface area contributed by atoms with Gasteiger partial charge in [-0.2, -0.15) is 0 Å². The Kier molecular flexibility index (Phi) is 4.67. The van der Waals surface area contributed by atoms with Crippen LogP contribution in [-0.4, -0.2) is 23.1 Å². The van der Waals surface area contributed by atoms with Gasteiger partial charge in [0, 0.05) is 10.0 Å². The van der Waals surface area contributed by atoms with E-state index in [1.165, 1.54) is 0 Å². The predicted molar refractivity (Wildman–Crippen MR) is 45.0 cm³/mol. The number of benzene rings is 1. The van der Waals surface area contributed by atoms with Crippen LogP contribution in [0, 0.1) is 0 Å².